The Morgan fingerprint density at radius 1 is 0.833 bits per heavy atom. The molecule has 0 spiro atoms. The van der Waals surface area contributed by atoms with E-state index in [2.05, 4.69) is 0 Å². The van der Waals surface area contributed by atoms with Crippen LogP contribution in [-0.2, 0) is 30.7 Å². The molecule has 4 aliphatic rings. The predicted octanol–water partition coefficient (Wildman–Crippen LogP) is 4.88. The Morgan fingerprint density at radius 3 is 1.97 bits per heavy atom. The van der Waals surface area contributed by atoms with Gasteiger partial charge in [0.2, 0.25) is 11.8 Å². The van der Waals surface area contributed by atoms with Gasteiger partial charge < -0.3 is 9.47 Å². The fraction of sp³-hybridized carbons (Fsp3) is 0.286. The number of nitrogens with zero attached hydrogens (tertiary/aromatic N) is 1. The zero-order valence-corrected chi connectivity index (χ0v) is 19.5. The monoisotopic (exact) mass is 493 g/mol. The van der Waals surface area contributed by atoms with Crippen LogP contribution in [0.5, 0.6) is 0 Å². The molecule has 0 N–H and O–H groups in total. The molecule has 0 saturated carbocycles. The second-order valence-corrected chi connectivity index (χ2v) is 9.39. The van der Waals surface area contributed by atoms with E-state index < -0.39 is 53.0 Å². The summed E-state index contributed by atoms with van der Waals surface area (Å²) in [5.74, 6) is -3.24. The normalized spacial score (nSPS) is 26.3. The van der Waals surface area contributed by atoms with Crippen molar-refractivity contribution in [2.75, 3.05) is 19.1 Å². The van der Waals surface area contributed by atoms with Crippen molar-refractivity contribution in [2.24, 2.45) is 11.8 Å². The molecule has 1 saturated heterocycles. The highest BCUT2D eigenvalue weighted by Crippen LogP contribution is 2.65. The smallest absolute Gasteiger partial charge is 0.355 e. The molecule has 2 atom stereocenters. The first-order chi connectivity index (χ1) is 17.3. The van der Waals surface area contributed by atoms with E-state index >= 15 is 0 Å². The fourth-order valence-electron chi connectivity index (χ4n) is 6.77. The maximum atomic E-state index is 14.2. The van der Waals surface area contributed by atoms with Gasteiger partial charge in [-0.1, -0.05) is 54.6 Å². The molecule has 36 heavy (non-hydrogen) atoms. The van der Waals surface area contributed by atoms with E-state index in [1.807, 2.05) is 48.5 Å². The lowest BCUT2D eigenvalue weighted by Crippen LogP contribution is -2.60. The molecule has 0 aromatic heterocycles. The zero-order valence-electron chi connectivity index (χ0n) is 19.5. The van der Waals surface area contributed by atoms with Crippen molar-refractivity contribution in [2.45, 2.75) is 23.8 Å². The quantitative estimate of drug-likeness (QED) is 0.384. The number of alkyl halides is 3. The van der Waals surface area contributed by atoms with Crippen molar-refractivity contribution < 1.29 is 32.2 Å². The van der Waals surface area contributed by atoms with Crippen LogP contribution < -0.4 is 4.90 Å². The summed E-state index contributed by atoms with van der Waals surface area (Å²) < 4.78 is 52.1. The topological polar surface area (TPSA) is 55.8 Å². The number of hydrogen-bond donors (Lipinski definition) is 0. The van der Waals surface area contributed by atoms with E-state index in [1.165, 1.54) is 26.4 Å². The summed E-state index contributed by atoms with van der Waals surface area (Å²) in [5, 5.41) is 0. The van der Waals surface area contributed by atoms with Gasteiger partial charge >= 0.3 is 6.18 Å². The molecule has 7 rings (SSSR count). The minimum atomic E-state index is -4.61. The van der Waals surface area contributed by atoms with Crippen LogP contribution in [0.25, 0.3) is 0 Å². The van der Waals surface area contributed by atoms with Gasteiger partial charge in [-0.05, 0) is 40.5 Å². The second-order valence-electron chi connectivity index (χ2n) is 9.39. The van der Waals surface area contributed by atoms with Crippen LogP contribution >= 0.6 is 0 Å². The third-order valence-corrected chi connectivity index (χ3v) is 7.92. The molecule has 3 aliphatic carbocycles. The average molecular weight is 493 g/mol. The van der Waals surface area contributed by atoms with Crippen LogP contribution in [0, 0.1) is 11.8 Å². The van der Waals surface area contributed by atoms with Crippen molar-refractivity contribution in [3.05, 3.63) is 101 Å². The Bertz CT molecular complexity index is 1350. The molecular weight excluding hydrogens is 471 g/mol. The van der Waals surface area contributed by atoms with E-state index in [1.54, 1.807) is 0 Å². The van der Waals surface area contributed by atoms with E-state index in [0.717, 1.165) is 39.3 Å². The van der Waals surface area contributed by atoms with Crippen LogP contribution in [0.15, 0.2) is 72.8 Å². The molecule has 8 heteroatoms. The highest BCUT2D eigenvalue weighted by Gasteiger charge is 2.71. The molecule has 0 unspecified atom stereocenters. The molecule has 184 valence electrons. The zero-order chi connectivity index (χ0) is 25.4. The van der Waals surface area contributed by atoms with Gasteiger partial charge in [-0.3, -0.25) is 9.59 Å². The number of benzene rings is 3. The van der Waals surface area contributed by atoms with Gasteiger partial charge in [0.15, 0.2) is 6.29 Å². The molecule has 1 heterocycles. The summed E-state index contributed by atoms with van der Waals surface area (Å²) in [6, 6.07) is 19.6. The molecule has 2 bridgehead atoms. The van der Waals surface area contributed by atoms with Crippen molar-refractivity contribution in [1.29, 1.82) is 0 Å². The molecule has 3 aromatic rings. The van der Waals surface area contributed by atoms with Crippen LogP contribution in [0.1, 0.15) is 33.7 Å². The Morgan fingerprint density at radius 2 is 1.42 bits per heavy atom. The van der Waals surface area contributed by atoms with E-state index in [-0.39, 0.29) is 5.69 Å². The number of amides is 2. The molecule has 0 radical (unpaired) electrons. The first kappa shape index (κ1) is 22.9. The molecule has 1 aliphatic heterocycles. The summed E-state index contributed by atoms with van der Waals surface area (Å²) in [6.45, 7) is 0. The predicted molar refractivity (Wildman–Crippen MR) is 124 cm³/mol. The third kappa shape index (κ3) is 2.74. The number of imide groups is 1. The number of carbonyl (C=O) groups is 2. The minimum absolute atomic E-state index is 0.0942. The van der Waals surface area contributed by atoms with Gasteiger partial charge in [-0.25, -0.2) is 4.90 Å². The summed E-state index contributed by atoms with van der Waals surface area (Å²) in [7, 11) is 2.96. The van der Waals surface area contributed by atoms with Crippen molar-refractivity contribution in [3.8, 4) is 0 Å². The van der Waals surface area contributed by atoms with Crippen molar-refractivity contribution in [3.63, 3.8) is 0 Å². The second kappa shape index (κ2) is 7.75. The highest BCUT2D eigenvalue weighted by molar-refractivity contribution is 6.23. The van der Waals surface area contributed by atoms with E-state index in [9.17, 15) is 22.8 Å². The number of hydrogen-bond acceptors (Lipinski definition) is 4. The van der Waals surface area contributed by atoms with E-state index in [0.29, 0.717) is 0 Å². The summed E-state index contributed by atoms with van der Waals surface area (Å²) in [6.07, 6.45) is -5.54. The Kier molecular flexibility index (Phi) is 4.94. The van der Waals surface area contributed by atoms with Crippen molar-refractivity contribution >= 4 is 17.5 Å². The van der Waals surface area contributed by atoms with Gasteiger partial charge in [0.25, 0.3) is 0 Å². The lowest BCUT2D eigenvalue weighted by Gasteiger charge is -2.56. The number of rotatable bonds is 4. The van der Waals surface area contributed by atoms with Gasteiger partial charge in [0.05, 0.1) is 28.5 Å². The largest absolute Gasteiger partial charge is 0.416 e. The Hall–Kier alpha value is -3.49. The lowest BCUT2D eigenvalue weighted by molar-refractivity contribution is -0.168. The lowest BCUT2D eigenvalue weighted by atomic mass is 9.47. The van der Waals surface area contributed by atoms with Gasteiger partial charge in [-0.2, -0.15) is 13.2 Å². The van der Waals surface area contributed by atoms with Crippen molar-refractivity contribution in [1.82, 2.24) is 0 Å². The van der Waals surface area contributed by atoms with Gasteiger partial charge in [0, 0.05) is 20.1 Å². The SMILES string of the molecule is COC(OC)C12c3ccccc3C(c3ccccc31)[C@@H]1C(=O)N(c3cccc(C(F)(F)F)c3)C(=O)[C@H]12. The molecule has 1 fully saturated rings. The van der Waals surface area contributed by atoms with Gasteiger partial charge in [0.1, 0.15) is 0 Å². The first-order valence-electron chi connectivity index (χ1n) is 11.6. The molecule has 3 aromatic carbocycles. The Labute approximate surface area is 205 Å². The molecule has 5 nitrogen and oxygen atoms in total. The maximum Gasteiger partial charge on any atom is 0.416 e. The number of ether oxygens (including phenoxy) is 2. The van der Waals surface area contributed by atoms with Crippen LogP contribution in [0.2, 0.25) is 0 Å². The van der Waals surface area contributed by atoms with E-state index in [4.69, 9.17) is 9.47 Å². The highest BCUT2D eigenvalue weighted by atomic mass is 19.4. The number of carbonyl (C=O) groups excluding carboxylic acids is 2. The Balaban J connectivity index is 1.63. The number of methoxy groups -OCH3 is 2. The number of anilines is 1. The average Bonchev–Trinajstić information content (AvgIpc) is 3.15. The van der Waals surface area contributed by atoms with Crippen LogP contribution in [-0.4, -0.2) is 32.3 Å². The molecule has 2 amide bonds. The van der Waals surface area contributed by atoms with Crippen LogP contribution in [0.4, 0.5) is 18.9 Å². The van der Waals surface area contributed by atoms with Crippen LogP contribution in [0.3, 0.4) is 0 Å². The summed E-state index contributed by atoms with van der Waals surface area (Å²) >= 11 is 0. The first-order valence-corrected chi connectivity index (χ1v) is 11.6. The summed E-state index contributed by atoms with van der Waals surface area (Å²) in [4.78, 5) is 29.1. The minimum Gasteiger partial charge on any atom is -0.355 e. The van der Waals surface area contributed by atoms with Gasteiger partial charge in [-0.15, -0.1) is 0 Å². The maximum absolute atomic E-state index is 14.2. The third-order valence-electron chi connectivity index (χ3n) is 7.92. The number of halogens is 3. The summed E-state index contributed by atoms with van der Waals surface area (Å²) in [5.41, 5.74) is 1.26. The fourth-order valence-corrected chi connectivity index (χ4v) is 6.77. The molecular formula is C28H22F3NO4. The standard InChI is InChI=1S/C28H22F3NO4/c1-35-26(36-2)27-19-12-5-3-10-17(19)21(18-11-4-6-13-20(18)27)22-23(27)25(34)32(24(22)33)16-9-7-8-15(14-16)28(29,30)31/h3-14,21-23,26H,1-2H3/t21?,22-,23-,27?/m0/s1.